The molecule has 0 spiro atoms. The predicted molar refractivity (Wildman–Crippen MR) is 115 cm³/mol. The van der Waals surface area contributed by atoms with Crippen LogP contribution in [0.3, 0.4) is 0 Å². The van der Waals surface area contributed by atoms with Crippen LogP contribution in [-0.4, -0.2) is 44.1 Å². The minimum Gasteiger partial charge on any atom is -0.379 e. The highest BCUT2D eigenvalue weighted by Crippen LogP contribution is 2.47. The fourth-order valence-electron chi connectivity index (χ4n) is 3.84. The lowest BCUT2D eigenvalue weighted by atomic mass is 9.80. The Hall–Kier alpha value is -2.43. The van der Waals surface area contributed by atoms with Gasteiger partial charge >= 0.3 is 0 Å². The van der Waals surface area contributed by atoms with Gasteiger partial charge in [0.25, 0.3) is 5.91 Å². The summed E-state index contributed by atoms with van der Waals surface area (Å²) in [6.07, 6.45) is 2.91. The molecule has 3 atom stereocenters. The number of nitrogens with zero attached hydrogens (tertiary/aromatic N) is 4. The van der Waals surface area contributed by atoms with Gasteiger partial charge in [-0.25, -0.2) is 14.5 Å². The molecular formula is C19H20N6O2S2. The first-order chi connectivity index (χ1) is 14.0. The summed E-state index contributed by atoms with van der Waals surface area (Å²) in [4.78, 5) is 22.1. The molecule has 1 fully saturated rings. The summed E-state index contributed by atoms with van der Waals surface area (Å²) in [6, 6.07) is 7.42. The van der Waals surface area contributed by atoms with Gasteiger partial charge < -0.3 is 15.8 Å². The SMILES string of the molecule is C[C@H]1C[C@H]2CSC(N)=N[C@@]2(c2nc(NC(=O)c3cc4ccccn4n3)cs2)CO1. The average molecular weight is 429 g/mol. The second kappa shape index (κ2) is 7.12. The second-order valence-electron chi connectivity index (χ2n) is 7.33. The topological polar surface area (TPSA) is 107 Å². The summed E-state index contributed by atoms with van der Waals surface area (Å²) in [5.41, 5.74) is 6.68. The number of amidine groups is 1. The number of carbonyl (C=O) groups is 1. The number of thiazole rings is 1. The largest absolute Gasteiger partial charge is 0.379 e. The summed E-state index contributed by atoms with van der Waals surface area (Å²) in [7, 11) is 0. The number of aromatic nitrogens is 3. The lowest BCUT2D eigenvalue weighted by Gasteiger charge is -2.44. The Balaban J connectivity index is 1.41. The van der Waals surface area contributed by atoms with E-state index in [-0.39, 0.29) is 12.0 Å². The summed E-state index contributed by atoms with van der Waals surface area (Å²) < 4.78 is 7.61. The molecule has 3 aromatic heterocycles. The third-order valence-electron chi connectivity index (χ3n) is 5.34. The van der Waals surface area contributed by atoms with Crippen LogP contribution < -0.4 is 11.1 Å². The van der Waals surface area contributed by atoms with Crippen LogP contribution in [0.5, 0.6) is 0 Å². The Morgan fingerprint density at radius 1 is 1.45 bits per heavy atom. The van der Waals surface area contributed by atoms with Crippen LogP contribution in [0.25, 0.3) is 5.52 Å². The minimum atomic E-state index is -0.571. The molecule has 2 aliphatic heterocycles. The van der Waals surface area contributed by atoms with E-state index in [1.807, 2.05) is 23.6 Å². The number of nitrogens with one attached hydrogen (secondary N) is 1. The van der Waals surface area contributed by atoms with Crippen LogP contribution in [0.1, 0.15) is 28.8 Å². The van der Waals surface area contributed by atoms with E-state index in [0.717, 1.165) is 22.7 Å². The van der Waals surface area contributed by atoms with Gasteiger partial charge in [0.15, 0.2) is 10.9 Å². The maximum Gasteiger partial charge on any atom is 0.277 e. The van der Waals surface area contributed by atoms with Gasteiger partial charge in [-0.3, -0.25) is 4.79 Å². The molecule has 0 aliphatic carbocycles. The maximum absolute atomic E-state index is 12.6. The van der Waals surface area contributed by atoms with Crippen molar-refractivity contribution < 1.29 is 9.53 Å². The number of thioether (sulfide) groups is 1. The molecule has 0 unspecified atom stereocenters. The fourth-order valence-corrected chi connectivity index (χ4v) is 5.81. The highest BCUT2D eigenvalue weighted by molar-refractivity contribution is 8.13. The third-order valence-corrected chi connectivity index (χ3v) is 7.31. The van der Waals surface area contributed by atoms with Gasteiger partial charge in [-0.15, -0.1) is 11.3 Å². The highest BCUT2D eigenvalue weighted by Gasteiger charge is 2.49. The number of aliphatic imine (C=N–C) groups is 1. The molecule has 0 bridgehead atoms. The van der Waals surface area contributed by atoms with Gasteiger partial charge in [-0.05, 0) is 31.5 Å². The van der Waals surface area contributed by atoms with Crippen molar-refractivity contribution in [3.05, 3.63) is 46.5 Å². The normalized spacial score (nSPS) is 26.7. The maximum atomic E-state index is 12.6. The molecule has 8 nitrogen and oxygen atoms in total. The molecule has 0 radical (unpaired) electrons. The van der Waals surface area contributed by atoms with Crippen LogP contribution in [0.4, 0.5) is 5.82 Å². The standard InChI is InChI=1S/C19H20N6O2S2/c1-11-6-12-8-29-18(20)23-19(12,10-27-11)17-22-15(9-28-17)21-16(26)14-7-13-4-2-3-5-25(13)24-14/h2-5,7,9,11-12H,6,8,10H2,1H3,(H2,20,23)(H,21,26)/t11-,12-,19-/m0/s1. The van der Waals surface area contributed by atoms with E-state index in [1.165, 1.54) is 11.3 Å². The molecule has 2 aliphatic rings. The van der Waals surface area contributed by atoms with Gasteiger partial charge in [-0.1, -0.05) is 17.8 Å². The number of pyridine rings is 1. The predicted octanol–water partition coefficient (Wildman–Crippen LogP) is 2.72. The zero-order valence-corrected chi connectivity index (χ0v) is 17.4. The molecule has 3 aromatic rings. The Labute approximate surface area is 175 Å². The van der Waals surface area contributed by atoms with Crippen molar-refractivity contribution in [3.8, 4) is 0 Å². The number of nitrogens with two attached hydrogens (primary N) is 1. The molecule has 29 heavy (non-hydrogen) atoms. The monoisotopic (exact) mass is 428 g/mol. The van der Waals surface area contributed by atoms with Gasteiger partial charge in [0.2, 0.25) is 0 Å². The fraction of sp³-hybridized carbons (Fsp3) is 0.368. The summed E-state index contributed by atoms with van der Waals surface area (Å²) >= 11 is 3.06. The van der Waals surface area contributed by atoms with Crippen LogP contribution in [0.2, 0.25) is 0 Å². The van der Waals surface area contributed by atoms with Crippen molar-refractivity contribution in [2.24, 2.45) is 16.6 Å². The van der Waals surface area contributed by atoms with E-state index in [2.05, 4.69) is 22.3 Å². The van der Waals surface area contributed by atoms with Crippen molar-refractivity contribution in [2.45, 2.75) is 25.0 Å². The van der Waals surface area contributed by atoms with E-state index in [0.29, 0.717) is 29.2 Å². The Bertz CT molecular complexity index is 1080. The molecule has 5 rings (SSSR count). The van der Waals surface area contributed by atoms with Crippen molar-refractivity contribution in [3.63, 3.8) is 0 Å². The molecule has 3 N–H and O–H groups in total. The smallest absolute Gasteiger partial charge is 0.277 e. The van der Waals surface area contributed by atoms with Crippen LogP contribution in [0.15, 0.2) is 40.8 Å². The lowest BCUT2D eigenvalue weighted by Crippen LogP contribution is -2.49. The quantitative estimate of drug-likeness (QED) is 0.664. The number of anilines is 1. The first-order valence-electron chi connectivity index (χ1n) is 9.35. The first-order valence-corrected chi connectivity index (χ1v) is 11.2. The molecular weight excluding hydrogens is 408 g/mol. The van der Waals surface area contributed by atoms with Crippen LogP contribution in [0, 0.1) is 5.92 Å². The molecule has 1 amide bonds. The third kappa shape index (κ3) is 3.30. The lowest BCUT2D eigenvalue weighted by molar-refractivity contribution is -0.0466. The minimum absolute atomic E-state index is 0.192. The average Bonchev–Trinajstić information content (AvgIpc) is 3.35. The van der Waals surface area contributed by atoms with E-state index < -0.39 is 5.54 Å². The number of fused-ring (bicyclic) bond motifs is 2. The summed E-state index contributed by atoms with van der Waals surface area (Å²) in [6.45, 7) is 2.53. The van der Waals surface area contributed by atoms with Crippen molar-refractivity contribution in [1.82, 2.24) is 14.6 Å². The zero-order valence-electron chi connectivity index (χ0n) is 15.7. The van der Waals surface area contributed by atoms with Gasteiger partial charge in [0.1, 0.15) is 16.4 Å². The van der Waals surface area contributed by atoms with Crippen molar-refractivity contribution in [1.29, 1.82) is 0 Å². The number of ether oxygens (including phenoxy) is 1. The summed E-state index contributed by atoms with van der Waals surface area (Å²) in [5.74, 6) is 1.39. The van der Waals surface area contributed by atoms with Gasteiger partial charge in [-0.2, -0.15) is 5.10 Å². The molecule has 0 aromatic carbocycles. The number of amides is 1. The number of hydrogen-bond acceptors (Lipinski definition) is 8. The molecule has 150 valence electrons. The van der Waals surface area contributed by atoms with Gasteiger partial charge in [0, 0.05) is 23.2 Å². The molecule has 1 saturated heterocycles. The van der Waals surface area contributed by atoms with Crippen molar-refractivity contribution in [2.75, 3.05) is 17.7 Å². The Kier molecular flexibility index (Phi) is 4.56. The highest BCUT2D eigenvalue weighted by atomic mass is 32.2. The Morgan fingerprint density at radius 3 is 3.21 bits per heavy atom. The van der Waals surface area contributed by atoms with E-state index in [9.17, 15) is 4.79 Å². The zero-order chi connectivity index (χ0) is 20.0. The Morgan fingerprint density at radius 2 is 2.34 bits per heavy atom. The van der Waals surface area contributed by atoms with E-state index >= 15 is 0 Å². The van der Waals surface area contributed by atoms with E-state index in [4.69, 9.17) is 15.5 Å². The number of rotatable bonds is 3. The number of carbonyl (C=O) groups excluding carboxylic acids is 1. The second-order valence-corrected chi connectivity index (χ2v) is 9.23. The van der Waals surface area contributed by atoms with Crippen molar-refractivity contribution >= 4 is 45.5 Å². The van der Waals surface area contributed by atoms with Gasteiger partial charge in [0.05, 0.1) is 18.2 Å². The summed E-state index contributed by atoms with van der Waals surface area (Å²) in [5, 5.41) is 10.4. The molecule has 10 heteroatoms. The van der Waals surface area contributed by atoms with E-state index in [1.54, 1.807) is 28.5 Å². The van der Waals surface area contributed by atoms with Crippen LogP contribution >= 0.6 is 23.1 Å². The molecule has 0 saturated carbocycles. The van der Waals surface area contributed by atoms with Crippen LogP contribution in [-0.2, 0) is 10.3 Å². The first kappa shape index (κ1) is 18.6. The number of hydrogen-bond donors (Lipinski definition) is 2. The molecule has 5 heterocycles.